The first-order valence-corrected chi connectivity index (χ1v) is 5.95. The molecule has 17 heavy (non-hydrogen) atoms. The Labute approximate surface area is 102 Å². The molecule has 1 aromatic rings. The largest absolute Gasteiger partial charge is 0.458 e. The summed E-state index contributed by atoms with van der Waals surface area (Å²) in [5, 5.41) is 0. The lowest BCUT2D eigenvalue weighted by Gasteiger charge is -2.15. The average molecular weight is 234 g/mol. The topological polar surface area (TPSA) is 43.4 Å². The minimum atomic E-state index is -0.360. The van der Waals surface area contributed by atoms with Crippen molar-refractivity contribution in [3.8, 4) is 0 Å². The highest BCUT2D eigenvalue weighted by atomic mass is 16.5. The van der Waals surface area contributed by atoms with Crippen molar-refractivity contribution in [2.75, 3.05) is 0 Å². The molecule has 0 aliphatic rings. The zero-order chi connectivity index (χ0) is 12.7. The Morgan fingerprint density at radius 1 is 1.18 bits per heavy atom. The zero-order valence-electron chi connectivity index (χ0n) is 10.3. The molecule has 0 saturated heterocycles. The Kier molecular flexibility index (Phi) is 5.40. The third kappa shape index (κ3) is 4.39. The van der Waals surface area contributed by atoms with E-state index >= 15 is 0 Å². The molecule has 92 valence electrons. The van der Waals surface area contributed by atoms with Crippen LogP contribution in [0.25, 0.3) is 0 Å². The summed E-state index contributed by atoms with van der Waals surface area (Å²) < 4.78 is 5.30. The predicted molar refractivity (Wildman–Crippen MR) is 65.9 cm³/mol. The van der Waals surface area contributed by atoms with E-state index in [1.165, 1.54) is 0 Å². The van der Waals surface area contributed by atoms with Crippen LogP contribution in [-0.2, 0) is 9.53 Å². The highest BCUT2D eigenvalue weighted by Gasteiger charge is 2.16. The first kappa shape index (κ1) is 13.4. The van der Waals surface area contributed by atoms with E-state index in [0.29, 0.717) is 24.8 Å². The number of ether oxygens (including phenoxy) is 1. The quantitative estimate of drug-likeness (QED) is 0.711. The predicted octanol–water partition coefficient (Wildman–Crippen LogP) is 2.99. The van der Waals surface area contributed by atoms with Crippen molar-refractivity contribution in [3.05, 3.63) is 35.9 Å². The lowest BCUT2D eigenvalue weighted by molar-refractivity contribution is -0.120. The molecule has 0 amide bonds. The smallest absolute Gasteiger partial charge is 0.338 e. The van der Waals surface area contributed by atoms with Crippen LogP contribution in [0.5, 0.6) is 0 Å². The number of benzene rings is 1. The van der Waals surface area contributed by atoms with E-state index in [2.05, 4.69) is 0 Å². The molecule has 0 heterocycles. The Morgan fingerprint density at radius 3 is 2.35 bits per heavy atom. The fraction of sp³-hybridized carbons (Fsp3) is 0.429. The van der Waals surface area contributed by atoms with E-state index < -0.39 is 0 Å². The van der Waals surface area contributed by atoms with Gasteiger partial charge in [-0.25, -0.2) is 4.79 Å². The maximum Gasteiger partial charge on any atom is 0.338 e. The van der Waals surface area contributed by atoms with E-state index in [0.717, 1.165) is 0 Å². The van der Waals surface area contributed by atoms with E-state index in [4.69, 9.17) is 4.74 Å². The van der Waals surface area contributed by atoms with Gasteiger partial charge in [0.2, 0.25) is 0 Å². The first-order valence-electron chi connectivity index (χ1n) is 5.95. The zero-order valence-corrected chi connectivity index (χ0v) is 10.3. The van der Waals surface area contributed by atoms with Gasteiger partial charge in [0.15, 0.2) is 0 Å². The number of esters is 1. The van der Waals surface area contributed by atoms with E-state index in [-0.39, 0.29) is 17.9 Å². The summed E-state index contributed by atoms with van der Waals surface area (Å²) >= 11 is 0. The van der Waals surface area contributed by atoms with Crippen LogP contribution < -0.4 is 0 Å². The minimum Gasteiger partial charge on any atom is -0.458 e. The fourth-order valence-corrected chi connectivity index (χ4v) is 1.46. The molecule has 0 aliphatic carbocycles. The summed E-state index contributed by atoms with van der Waals surface area (Å²) in [6, 6.07) is 8.82. The fourth-order valence-electron chi connectivity index (χ4n) is 1.46. The van der Waals surface area contributed by atoms with Crippen molar-refractivity contribution >= 4 is 11.8 Å². The van der Waals surface area contributed by atoms with Crippen LogP contribution >= 0.6 is 0 Å². The number of Topliss-reactive ketones (excluding diaryl/α,β-unsaturated/α-hetero) is 1. The molecule has 1 atom stereocenters. The van der Waals surface area contributed by atoms with Crippen molar-refractivity contribution < 1.29 is 14.3 Å². The highest BCUT2D eigenvalue weighted by Crippen LogP contribution is 2.10. The number of carbonyl (C=O) groups is 2. The molecule has 1 aromatic carbocycles. The minimum absolute atomic E-state index is 0.123. The average Bonchev–Trinajstić information content (AvgIpc) is 2.38. The van der Waals surface area contributed by atoms with Gasteiger partial charge in [-0.1, -0.05) is 32.0 Å². The maximum atomic E-state index is 11.8. The Balaban J connectivity index is 2.57. The van der Waals surface area contributed by atoms with Crippen LogP contribution in [0.4, 0.5) is 0 Å². The van der Waals surface area contributed by atoms with Crippen molar-refractivity contribution in [2.24, 2.45) is 0 Å². The van der Waals surface area contributed by atoms with Gasteiger partial charge >= 0.3 is 5.97 Å². The number of ketones is 1. The maximum absolute atomic E-state index is 11.8. The molecule has 1 rings (SSSR count). The van der Waals surface area contributed by atoms with Gasteiger partial charge in [0.1, 0.15) is 11.9 Å². The van der Waals surface area contributed by atoms with Gasteiger partial charge in [-0.3, -0.25) is 4.79 Å². The third-order valence-corrected chi connectivity index (χ3v) is 2.59. The van der Waals surface area contributed by atoms with Crippen LogP contribution in [0.15, 0.2) is 30.3 Å². The first-order chi connectivity index (χ1) is 8.17. The van der Waals surface area contributed by atoms with Gasteiger partial charge in [-0.05, 0) is 18.6 Å². The lowest BCUT2D eigenvalue weighted by atomic mass is 10.1. The molecule has 0 N–H and O–H groups in total. The van der Waals surface area contributed by atoms with Gasteiger partial charge in [0, 0.05) is 12.8 Å². The van der Waals surface area contributed by atoms with Crippen LogP contribution in [0, 0.1) is 0 Å². The third-order valence-electron chi connectivity index (χ3n) is 2.59. The van der Waals surface area contributed by atoms with Crippen LogP contribution in [0.2, 0.25) is 0 Å². The summed E-state index contributed by atoms with van der Waals surface area (Å²) in [6.45, 7) is 3.72. The van der Waals surface area contributed by atoms with Gasteiger partial charge in [0.25, 0.3) is 0 Å². The van der Waals surface area contributed by atoms with Crippen molar-refractivity contribution in [1.29, 1.82) is 0 Å². The van der Waals surface area contributed by atoms with Crippen molar-refractivity contribution in [2.45, 2.75) is 39.2 Å². The summed E-state index contributed by atoms with van der Waals surface area (Å²) in [7, 11) is 0. The number of hydrogen-bond donors (Lipinski definition) is 0. The molecule has 0 fully saturated rings. The van der Waals surface area contributed by atoms with Crippen molar-refractivity contribution in [1.82, 2.24) is 0 Å². The molecule has 0 bridgehead atoms. The second kappa shape index (κ2) is 6.84. The normalized spacial score (nSPS) is 11.9. The van der Waals surface area contributed by atoms with E-state index in [9.17, 15) is 9.59 Å². The van der Waals surface area contributed by atoms with Crippen LogP contribution in [-0.4, -0.2) is 17.9 Å². The van der Waals surface area contributed by atoms with E-state index in [1.54, 1.807) is 24.3 Å². The summed E-state index contributed by atoms with van der Waals surface area (Å²) in [5.41, 5.74) is 0.523. The summed E-state index contributed by atoms with van der Waals surface area (Å²) in [5.74, 6) is -0.237. The molecule has 1 unspecified atom stereocenters. The Bertz CT molecular complexity index is 370. The highest BCUT2D eigenvalue weighted by molar-refractivity contribution is 5.89. The summed E-state index contributed by atoms with van der Waals surface area (Å²) in [4.78, 5) is 23.1. The molecule has 0 radical (unpaired) electrons. The Hall–Kier alpha value is -1.64. The molecule has 3 heteroatoms. The molecular weight excluding hydrogens is 216 g/mol. The van der Waals surface area contributed by atoms with Crippen molar-refractivity contribution in [3.63, 3.8) is 0 Å². The Morgan fingerprint density at radius 2 is 1.82 bits per heavy atom. The molecule has 3 nitrogen and oxygen atoms in total. The van der Waals surface area contributed by atoms with Gasteiger partial charge in [-0.15, -0.1) is 0 Å². The number of carbonyl (C=O) groups excluding carboxylic acids is 2. The SMILES string of the molecule is CCC(=O)CC(CC)OC(=O)c1ccccc1. The lowest BCUT2D eigenvalue weighted by Crippen LogP contribution is -2.20. The van der Waals surface area contributed by atoms with Crippen LogP contribution in [0.1, 0.15) is 43.5 Å². The van der Waals surface area contributed by atoms with Gasteiger partial charge in [-0.2, -0.15) is 0 Å². The molecular formula is C14H18O3. The second-order valence-electron chi connectivity index (χ2n) is 3.90. The monoisotopic (exact) mass is 234 g/mol. The van der Waals surface area contributed by atoms with Gasteiger partial charge < -0.3 is 4.74 Å². The number of hydrogen-bond acceptors (Lipinski definition) is 3. The standard InChI is InChI=1S/C14H18O3/c1-3-12(15)10-13(4-2)17-14(16)11-8-6-5-7-9-11/h5-9,13H,3-4,10H2,1-2H3. The second-order valence-corrected chi connectivity index (χ2v) is 3.90. The van der Waals surface area contributed by atoms with Crippen LogP contribution in [0.3, 0.4) is 0 Å². The number of rotatable bonds is 6. The van der Waals surface area contributed by atoms with E-state index in [1.807, 2.05) is 19.9 Å². The van der Waals surface area contributed by atoms with Gasteiger partial charge in [0.05, 0.1) is 5.56 Å². The molecule has 0 aromatic heterocycles. The molecule has 0 saturated carbocycles. The molecule has 0 spiro atoms. The summed E-state index contributed by atoms with van der Waals surface area (Å²) in [6.07, 6.45) is 1.14. The molecule has 0 aliphatic heterocycles.